The van der Waals surface area contributed by atoms with E-state index >= 15 is 0 Å². The first-order valence-corrected chi connectivity index (χ1v) is 7.67. The van der Waals surface area contributed by atoms with Crippen LogP contribution in [-0.2, 0) is 14.3 Å². The van der Waals surface area contributed by atoms with E-state index in [1.165, 1.54) is 11.8 Å². The predicted octanol–water partition coefficient (Wildman–Crippen LogP) is 0.788. The molecule has 0 unspecified atom stereocenters. The summed E-state index contributed by atoms with van der Waals surface area (Å²) in [6.45, 7) is 2.20. The van der Waals surface area contributed by atoms with Crippen LogP contribution in [0.3, 0.4) is 0 Å². The highest BCUT2D eigenvalue weighted by Crippen LogP contribution is 2.22. The van der Waals surface area contributed by atoms with Crippen molar-refractivity contribution in [2.75, 3.05) is 23.9 Å². The van der Waals surface area contributed by atoms with E-state index in [0.717, 1.165) is 12.2 Å². The van der Waals surface area contributed by atoms with Gasteiger partial charge in [-0.15, -0.1) is 11.8 Å². The van der Waals surface area contributed by atoms with Crippen LogP contribution in [0.4, 0.5) is 0 Å². The highest BCUT2D eigenvalue weighted by molar-refractivity contribution is 8.00. The fraction of sp³-hybridized carbons (Fsp3) is 0.800. The summed E-state index contributed by atoms with van der Waals surface area (Å²) >= 11 is 3.15. The lowest BCUT2D eigenvalue weighted by atomic mass is 10.3. The van der Waals surface area contributed by atoms with E-state index in [-0.39, 0.29) is 11.3 Å². The third-order valence-electron chi connectivity index (χ3n) is 2.20. The molecule has 0 aromatic heterocycles. The first-order chi connectivity index (χ1) is 8.13. The Kier molecular flexibility index (Phi) is 6.76. The molecule has 0 aromatic rings. The van der Waals surface area contributed by atoms with Gasteiger partial charge in [-0.1, -0.05) is 0 Å². The lowest BCUT2D eigenvalue weighted by molar-refractivity contribution is -0.140. The Balaban J connectivity index is 2.04. The molecule has 1 aliphatic heterocycles. The summed E-state index contributed by atoms with van der Waals surface area (Å²) in [5.41, 5.74) is 0. The number of thioether (sulfide) groups is 2. The van der Waals surface area contributed by atoms with Gasteiger partial charge >= 0.3 is 11.9 Å². The molecule has 7 heteroatoms. The Hall–Kier alpha value is -0.400. The van der Waals surface area contributed by atoms with Crippen LogP contribution in [0.1, 0.15) is 13.3 Å². The number of carbonyl (C=O) groups is 2. The van der Waals surface area contributed by atoms with Gasteiger partial charge in [-0.3, -0.25) is 14.9 Å². The molecule has 0 aliphatic carbocycles. The third-order valence-corrected chi connectivity index (χ3v) is 4.46. The second-order valence-electron chi connectivity index (χ2n) is 3.53. The van der Waals surface area contributed by atoms with Crippen LogP contribution in [0.25, 0.3) is 0 Å². The number of esters is 1. The molecule has 0 radical (unpaired) electrons. The highest BCUT2D eigenvalue weighted by Gasteiger charge is 2.28. The van der Waals surface area contributed by atoms with Gasteiger partial charge in [0.2, 0.25) is 0 Å². The molecule has 98 valence electrons. The quantitative estimate of drug-likeness (QED) is 0.527. The van der Waals surface area contributed by atoms with Crippen LogP contribution >= 0.6 is 23.5 Å². The van der Waals surface area contributed by atoms with Gasteiger partial charge < -0.3 is 9.84 Å². The molecular formula is C10H17NO4S2. The van der Waals surface area contributed by atoms with Crippen molar-refractivity contribution in [1.82, 2.24) is 5.32 Å². The minimum absolute atomic E-state index is 0.186. The standard InChI is InChI=1S/C10H17NO4S2/c1-2-15-9(12)6-16-4-3-8-11-7(5-17-8)10(13)14/h7-8,11H,2-6H2,1H3,(H,13,14)/t7-,8-/m1/s1. The summed E-state index contributed by atoms with van der Waals surface area (Å²) in [5, 5.41) is 12.0. The molecule has 1 fully saturated rings. The molecule has 0 aromatic carbocycles. The second kappa shape index (κ2) is 7.84. The van der Waals surface area contributed by atoms with Crippen LogP contribution in [0.15, 0.2) is 0 Å². The number of nitrogens with one attached hydrogen (secondary N) is 1. The lowest BCUT2D eigenvalue weighted by Crippen LogP contribution is -2.36. The lowest BCUT2D eigenvalue weighted by Gasteiger charge is -2.10. The molecule has 1 aliphatic rings. The normalized spacial score (nSPS) is 23.6. The number of carboxylic acids is 1. The maximum Gasteiger partial charge on any atom is 0.321 e. The molecule has 1 heterocycles. The Labute approximate surface area is 109 Å². The Bertz CT molecular complexity index is 275. The molecule has 0 spiro atoms. The SMILES string of the molecule is CCOC(=O)CSCC[C@@H]1N[C@@H](C(=O)O)CS1. The van der Waals surface area contributed by atoms with Crippen molar-refractivity contribution < 1.29 is 19.4 Å². The second-order valence-corrected chi connectivity index (χ2v) is 5.87. The van der Waals surface area contributed by atoms with Crippen molar-refractivity contribution in [3.63, 3.8) is 0 Å². The molecule has 0 bridgehead atoms. The molecular weight excluding hydrogens is 262 g/mol. The van der Waals surface area contributed by atoms with E-state index in [9.17, 15) is 9.59 Å². The van der Waals surface area contributed by atoms with E-state index in [4.69, 9.17) is 9.84 Å². The molecule has 5 nitrogen and oxygen atoms in total. The number of carbonyl (C=O) groups excluding carboxylic acids is 1. The van der Waals surface area contributed by atoms with Crippen LogP contribution in [0, 0.1) is 0 Å². The maximum absolute atomic E-state index is 11.0. The van der Waals surface area contributed by atoms with Gasteiger partial charge in [0.15, 0.2) is 0 Å². The average molecular weight is 279 g/mol. The van der Waals surface area contributed by atoms with E-state index in [1.54, 1.807) is 18.7 Å². The van der Waals surface area contributed by atoms with Crippen molar-refractivity contribution in [3.05, 3.63) is 0 Å². The maximum atomic E-state index is 11.0. The molecule has 17 heavy (non-hydrogen) atoms. The highest BCUT2D eigenvalue weighted by atomic mass is 32.2. The van der Waals surface area contributed by atoms with Gasteiger partial charge in [0.05, 0.1) is 17.7 Å². The number of carboxylic acid groups (broad SMARTS) is 1. The Morgan fingerprint density at radius 2 is 2.35 bits per heavy atom. The number of rotatable bonds is 7. The minimum Gasteiger partial charge on any atom is -0.480 e. The topological polar surface area (TPSA) is 75.6 Å². The fourth-order valence-electron chi connectivity index (χ4n) is 1.39. The van der Waals surface area contributed by atoms with E-state index in [1.807, 2.05) is 0 Å². The minimum atomic E-state index is -0.792. The van der Waals surface area contributed by atoms with Gasteiger partial charge in [0.25, 0.3) is 0 Å². The fourth-order valence-corrected chi connectivity index (χ4v) is 3.55. The summed E-state index contributed by atoms with van der Waals surface area (Å²) in [6, 6.07) is -0.431. The van der Waals surface area contributed by atoms with Gasteiger partial charge in [-0.05, 0) is 19.1 Å². The number of ether oxygens (including phenoxy) is 1. The van der Waals surface area contributed by atoms with Gasteiger partial charge in [-0.25, -0.2) is 0 Å². The number of hydrogen-bond acceptors (Lipinski definition) is 6. The molecule has 2 N–H and O–H groups in total. The zero-order chi connectivity index (χ0) is 12.7. The Morgan fingerprint density at radius 3 is 2.94 bits per heavy atom. The summed E-state index contributed by atoms with van der Waals surface area (Å²) < 4.78 is 4.80. The zero-order valence-corrected chi connectivity index (χ0v) is 11.3. The summed E-state index contributed by atoms with van der Waals surface area (Å²) in [7, 11) is 0. The van der Waals surface area contributed by atoms with Crippen LogP contribution < -0.4 is 5.32 Å². The van der Waals surface area contributed by atoms with Crippen molar-refractivity contribution in [2.24, 2.45) is 0 Å². The van der Waals surface area contributed by atoms with Crippen LogP contribution in [-0.4, -0.2) is 52.3 Å². The van der Waals surface area contributed by atoms with Gasteiger partial charge in [0.1, 0.15) is 6.04 Å². The summed E-state index contributed by atoms with van der Waals surface area (Å²) in [4.78, 5) is 21.7. The molecule has 1 rings (SSSR count). The first-order valence-electron chi connectivity index (χ1n) is 5.47. The summed E-state index contributed by atoms with van der Waals surface area (Å²) in [6.07, 6.45) is 0.860. The smallest absolute Gasteiger partial charge is 0.321 e. The number of hydrogen-bond donors (Lipinski definition) is 2. The predicted molar refractivity (Wildman–Crippen MR) is 69.4 cm³/mol. The zero-order valence-electron chi connectivity index (χ0n) is 9.68. The van der Waals surface area contributed by atoms with Gasteiger partial charge in [-0.2, -0.15) is 11.8 Å². The molecule has 0 saturated carbocycles. The first kappa shape index (κ1) is 14.7. The van der Waals surface area contributed by atoms with E-state index in [0.29, 0.717) is 18.1 Å². The monoisotopic (exact) mass is 279 g/mol. The van der Waals surface area contributed by atoms with Crippen LogP contribution in [0.2, 0.25) is 0 Å². The van der Waals surface area contributed by atoms with E-state index in [2.05, 4.69) is 5.32 Å². The van der Waals surface area contributed by atoms with Crippen molar-refractivity contribution in [2.45, 2.75) is 24.8 Å². The summed E-state index contributed by atoms with van der Waals surface area (Å²) in [5.74, 6) is 0.832. The third kappa shape index (κ3) is 5.65. The largest absolute Gasteiger partial charge is 0.480 e. The Morgan fingerprint density at radius 1 is 1.59 bits per heavy atom. The molecule has 2 atom stereocenters. The van der Waals surface area contributed by atoms with Crippen molar-refractivity contribution >= 4 is 35.5 Å². The van der Waals surface area contributed by atoms with E-state index < -0.39 is 12.0 Å². The van der Waals surface area contributed by atoms with Crippen molar-refractivity contribution in [1.29, 1.82) is 0 Å². The van der Waals surface area contributed by atoms with Gasteiger partial charge in [0, 0.05) is 5.75 Å². The average Bonchev–Trinajstić information content (AvgIpc) is 2.73. The van der Waals surface area contributed by atoms with Crippen molar-refractivity contribution in [3.8, 4) is 0 Å². The molecule has 0 amide bonds. The number of aliphatic carboxylic acids is 1. The molecule has 1 saturated heterocycles. The van der Waals surface area contributed by atoms with Crippen LogP contribution in [0.5, 0.6) is 0 Å².